The van der Waals surface area contributed by atoms with Crippen LogP contribution in [0.3, 0.4) is 0 Å². The normalized spacial score (nSPS) is 10.9. The molecule has 0 radical (unpaired) electrons. The molecule has 0 aromatic carbocycles. The number of aryl methyl sites for hydroxylation is 1. The zero-order chi connectivity index (χ0) is 25.9. The summed E-state index contributed by atoms with van der Waals surface area (Å²) in [5, 5.41) is 38.3. The average molecular weight is 511 g/mol. The number of nitrogens with zero attached hydrogens (tertiary/aromatic N) is 8. The molecule has 3 rings (SSSR count). The monoisotopic (exact) mass is 510 g/mol. The van der Waals surface area contributed by atoms with Crippen molar-refractivity contribution in [2.24, 2.45) is 0 Å². The summed E-state index contributed by atoms with van der Waals surface area (Å²) in [6, 6.07) is 0. The zero-order valence-electron chi connectivity index (χ0n) is 18.6. The van der Waals surface area contributed by atoms with E-state index >= 15 is 0 Å². The van der Waals surface area contributed by atoms with Crippen LogP contribution in [0.25, 0.3) is 0 Å². The number of hydrogen-bond acceptors (Lipinski definition) is 11. The lowest BCUT2D eigenvalue weighted by atomic mass is 10.3. The highest BCUT2D eigenvalue weighted by molar-refractivity contribution is 6.33. The van der Waals surface area contributed by atoms with E-state index in [0.717, 1.165) is 4.68 Å². The molecule has 0 aliphatic heterocycles. The fourth-order valence-corrected chi connectivity index (χ4v) is 3.28. The quantitative estimate of drug-likeness (QED) is 0.216. The predicted octanol–water partition coefficient (Wildman–Crippen LogP) is 0.452. The Kier molecular flexibility index (Phi) is 7.38. The smallest absolute Gasteiger partial charge is 0.358 e. The van der Waals surface area contributed by atoms with Gasteiger partial charge in [0.05, 0.1) is 15.7 Å². The third-order valence-corrected chi connectivity index (χ3v) is 5.24. The highest BCUT2D eigenvalue weighted by Gasteiger charge is 2.25. The standard InChI is InChI=1S/C17H19ClN10O7/c1-8-14(27(31)32)10(3)25(22-8)6-11-21-17(35-24-11)16(30)20-5-4-19-12(29)7-26-9(2)13(18)15(23-26)28(33)34/h4-7H2,1-3H3,(H,19,29)(H,20,30). The number of halogens is 1. The molecule has 0 saturated carbocycles. The summed E-state index contributed by atoms with van der Waals surface area (Å²) in [5.41, 5.74) is 0.697. The van der Waals surface area contributed by atoms with E-state index in [1.165, 1.54) is 25.5 Å². The van der Waals surface area contributed by atoms with Crippen LogP contribution < -0.4 is 10.6 Å². The molecule has 0 fully saturated rings. The molecule has 2 amide bonds. The van der Waals surface area contributed by atoms with E-state index in [1.54, 1.807) is 0 Å². The van der Waals surface area contributed by atoms with Crippen LogP contribution in [0.4, 0.5) is 11.5 Å². The number of amides is 2. The first-order valence-electron chi connectivity index (χ1n) is 9.92. The van der Waals surface area contributed by atoms with Crippen molar-refractivity contribution in [3.63, 3.8) is 0 Å². The van der Waals surface area contributed by atoms with Crippen LogP contribution in [-0.2, 0) is 17.9 Å². The maximum absolute atomic E-state index is 12.2. The summed E-state index contributed by atoms with van der Waals surface area (Å²) in [6.07, 6.45) is 0. The topological polar surface area (TPSA) is 219 Å². The second kappa shape index (κ2) is 10.2. The van der Waals surface area contributed by atoms with Gasteiger partial charge in [-0.05, 0) is 25.7 Å². The van der Waals surface area contributed by atoms with Crippen molar-refractivity contribution in [2.75, 3.05) is 13.1 Å². The van der Waals surface area contributed by atoms with Gasteiger partial charge in [-0.15, -0.1) is 0 Å². The van der Waals surface area contributed by atoms with Gasteiger partial charge in [0.15, 0.2) is 10.8 Å². The second-order valence-electron chi connectivity index (χ2n) is 7.19. The molecule has 17 nitrogen and oxygen atoms in total. The van der Waals surface area contributed by atoms with E-state index in [2.05, 4.69) is 31.0 Å². The molecule has 2 N–H and O–H groups in total. The SMILES string of the molecule is Cc1nn(Cc2noc(C(=O)NCCNC(=O)Cn3nc([N+](=O)[O-])c(Cl)c3C)n2)c(C)c1[N+](=O)[O-]. The molecule has 0 aliphatic rings. The first-order valence-corrected chi connectivity index (χ1v) is 10.3. The summed E-state index contributed by atoms with van der Waals surface area (Å²) in [7, 11) is 0. The van der Waals surface area contributed by atoms with E-state index in [1.807, 2.05) is 0 Å². The van der Waals surface area contributed by atoms with Gasteiger partial charge in [0.2, 0.25) is 5.91 Å². The number of carbonyl (C=O) groups excluding carboxylic acids is 2. The Morgan fingerprint density at radius 3 is 2.31 bits per heavy atom. The van der Waals surface area contributed by atoms with Crippen LogP contribution >= 0.6 is 11.6 Å². The van der Waals surface area contributed by atoms with Crippen LogP contribution in [0, 0.1) is 41.0 Å². The van der Waals surface area contributed by atoms with Crippen LogP contribution in [0.1, 0.15) is 33.6 Å². The van der Waals surface area contributed by atoms with E-state index in [9.17, 15) is 29.8 Å². The Bertz CT molecular complexity index is 1310. The van der Waals surface area contributed by atoms with Crippen LogP contribution in [0.2, 0.25) is 5.02 Å². The molecule has 18 heteroatoms. The minimum atomic E-state index is -0.747. The summed E-state index contributed by atoms with van der Waals surface area (Å²) < 4.78 is 7.35. The van der Waals surface area contributed by atoms with Crippen molar-refractivity contribution in [1.82, 2.24) is 40.3 Å². The molecule has 3 heterocycles. The van der Waals surface area contributed by atoms with E-state index in [0.29, 0.717) is 5.69 Å². The van der Waals surface area contributed by atoms with Gasteiger partial charge in [-0.1, -0.05) is 16.8 Å². The van der Waals surface area contributed by atoms with Crippen molar-refractivity contribution < 1.29 is 24.0 Å². The molecule has 3 aromatic heterocycles. The third-order valence-electron chi connectivity index (χ3n) is 4.79. The number of carbonyl (C=O) groups is 2. The summed E-state index contributed by atoms with van der Waals surface area (Å²) in [5.74, 6) is -1.99. The van der Waals surface area contributed by atoms with Crippen molar-refractivity contribution in [2.45, 2.75) is 33.9 Å². The van der Waals surface area contributed by atoms with Gasteiger partial charge < -0.3 is 25.3 Å². The highest BCUT2D eigenvalue weighted by atomic mass is 35.5. The molecule has 35 heavy (non-hydrogen) atoms. The fraction of sp³-hybridized carbons (Fsp3) is 0.412. The van der Waals surface area contributed by atoms with Gasteiger partial charge >= 0.3 is 23.3 Å². The molecule has 0 aliphatic carbocycles. The Labute approximate surface area is 200 Å². The van der Waals surface area contributed by atoms with Crippen LogP contribution in [0.5, 0.6) is 0 Å². The van der Waals surface area contributed by atoms with Crippen LogP contribution in [-0.4, -0.2) is 64.5 Å². The van der Waals surface area contributed by atoms with Crippen molar-refractivity contribution in [1.29, 1.82) is 0 Å². The molecular weight excluding hydrogens is 492 g/mol. The lowest BCUT2D eigenvalue weighted by Gasteiger charge is -2.05. The van der Waals surface area contributed by atoms with Gasteiger partial charge in [-0.3, -0.25) is 24.4 Å². The lowest BCUT2D eigenvalue weighted by molar-refractivity contribution is -0.389. The Morgan fingerprint density at radius 2 is 1.71 bits per heavy atom. The van der Waals surface area contributed by atoms with E-state index in [-0.39, 0.29) is 60.0 Å². The molecule has 0 spiro atoms. The Hall–Kier alpha value is -4.41. The number of nitrogens with one attached hydrogen (secondary N) is 2. The minimum absolute atomic E-state index is 0.0188. The van der Waals surface area contributed by atoms with Crippen LogP contribution in [0.15, 0.2) is 4.52 Å². The van der Waals surface area contributed by atoms with Gasteiger partial charge in [-0.25, -0.2) is 0 Å². The molecular formula is C17H19ClN10O7. The summed E-state index contributed by atoms with van der Waals surface area (Å²) in [4.78, 5) is 48.9. The molecule has 0 unspecified atom stereocenters. The third kappa shape index (κ3) is 5.57. The zero-order valence-corrected chi connectivity index (χ0v) is 19.4. The van der Waals surface area contributed by atoms with Gasteiger partial charge in [0.1, 0.15) is 24.5 Å². The number of aromatic nitrogens is 6. The maximum atomic E-state index is 12.2. The van der Waals surface area contributed by atoms with Gasteiger partial charge in [0.25, 0.3) is 0 Å². The van der Waals surface area contributed by atoms with Crippen molar-refractivity contribution in [3.8, 4) is 0 Å². The molecule has 3 aromatic rings. The molecule has 0 bridgehead atoms. The fourth-order valence-electron chi connectivity index (χ4n) is 3.07. The first kappa shape index (κ1) is 25.2. The van der Waals surface area contributed by atoms with Gasteiger partial charge in [-0.2, -0.15) is 14.8 Å². The summed E-state index contributed by atoms with van der Waals surface area (Å²) in [6.45, 7) is 4.24. The van der Waals surface area contributed by atoms with Gasteiger partial charge in [0, 0.05) is 13.1 Å². The van der Waals surface area contributed by atoms with Crippen molar-refractivity contribution in [3.05, 3.63) is 54.0 Å². The molecule has 0 saturated heterocycles. The highest BCUT2D eigenvalue weighted by Crippen LogP contribution is 2.26. The predicted molar refractivity (Wildman–Crippen MR) is 116 cm³/mol. The maximum Gasteiger partial charge on any atom is 0.408 e. The average Bonchev–Trinajstić information content (AvgIpc) is 3.44. The Morgan fingerprint density at radius 1 is 1.03 bits per heavy atom. The molecule has 186 valence electrons. The van der Waals surface area contributed by atoms with E-state index in [4.69, 9.17) is 16.1 Å². The van der Waals surface area contributed by atoms with E-state index < -0.39 is 27.5 Å². The number of nitro groups is 2. The second-order valence-corrected chi connectivity index (χ2v) is 7.57. The first-order chi connectivity index (χ1) is 16.5. The number of rotatable bonds is 10. The largest absolute Gasteiger partial charge is 0.408 e. The Balaban J connectivity index is 1.48. The molecule has 0 atom stereocenters. The lowest BCUT2D eigenvalue weighted by Crippen LogP contribution is -2.36. The summed E-state index contributed by atoms with van der Waals surface area (Å²) >= 11 is 5.83. The minimum Gasteiger partial charge on any atom is -0.358 e. The van der Waals surface area contributed by atoms with Crippen molar-refractivity contribution >= 4 is 34.9 Å². The number of hydrogen-bond donors (Lipinski definition) is 2.